The lowest BCUT2D eigenvalue weighted by Gasteiger charge is -2.08. The second kappa shape index (κ2) is 6.80. The minimum absolute atomic E-state index is 0.236. The van der Waals surface area contributed by atoms with Gasteiger partial charge >= 0.3 is 0 Å². The standard InChI is InChI=1S/C17H16ClN5O/c1-3-19-17(24)15-8-14(11-4-6-13(18)7-5-11)21-16(22-15)12-9-20-23(2)10-12/h4-10H,3H2,1-2H3,(H,19,24). The second-order valence-corrected chi connectivity index (χ2v) is 5.67. The number of nitrogens with one attached hydrogen (secondary N) is 1. The minimum atomic E-state index is -0.236. The highest BCUT2D eigenvalue weighted by atomic mass is 35.5. The van der Waals surface area contributed by atoms with Crippen LogP contribution in [0.5, 0.6) is 0 Å². The Kier molecular flexibility index (Phi) is 4.57. The van der Waals surface area contributed by atoms with Gasteiger partial charge in [-0.3, -0.25) is 9.48 Å². The number of nitrogens with zero attached hydrogens (tertiary/aromatic N) is 4. The average Bonchev–Trinajstić information content (AvgIpc) is 3.02. The molecule has 0 radical (unpaired) electrons. The van der Waals surface area contributed by atoms with E-state index in [1.54, 1.807) is 29.1 Å². The number of halogens is 1. The Morgan fingerprint density at radius 2 is 1.96 bits per heavy atom. The molecule has 0 saturated heterocycles. The van der Waals surface area contributed by atoms with Crippen molar-refractivity contribution in [2.45, 2.75) is 6.92 Å². The topological polar surface area (TPSA) is 72.7 Å². The quantitative estimate of drug-likeness (QED) is 0.791. The van der Waals surface area contributed by atoms with Crippen molar-refractivity contribution in [3.8, 4) is 22.6 Å². The van der Waals surface area contributed by atoms with Crippen molar-refractivity contribution in [2.24, 2.45) is 7.05 Å². The zero-order chi connectivity index (χ0) is 17.1. The summed E-state index contributed by atoms with van der Waals surface area (Å²) in [5, 5.41) is 7.54. The molecule has 0 aliphatic rings. The Morgan fingerprint density at radius 1 is 1.21 bits per heavy atom. The summed E-state index contributed by atoms with van der Waals surface area (Å²) in [4.78, 5) is 21.2. The molecule has 3 rings (SSSR count). The van der Waals surface area contributed by atoms with Crippen molar-refractivity contribution in [3.05, 3.63) is 53.4 Å². The molecule has 1 N–H and O–H groups in total. The number of amides is 1. The summed E-state index contributed by atoms with van der Waals surface area (Å²) in [7, 11) is 1.82. The van der Waals surface area contributed by atoms with Crippen LogP contribution in [0.4, 0.5) is 0 Å². The summed E-state index contributed by atoms with van der Waals surface area (Å²) >= 11 is 5.94. The van der Waals surface area contributed by atoms with E-state index in [0.717, 1.165) is 11.1 Å². The van der Waals surface area contributed by atoms with E-state index in [4.69, 9.17) is 11.6 Å². The monoisotopic (exact) mass is 341 g/mol. The van der Waals surface area contributed by atoms with Gasteiger partial charge in [-0.15, -0.1) is 0 Å². The van der Waals surface area contributed by atoms with Gasteiger partial charge in [-0.25, -0.2) is 9.97 Å². The van der Waals surface area contributed by atoms with Crippen LogP contribution in [0.2, 0.25) is 5.02 Å². The Morgan fingerprint density at radius 3 is 2.58 bits per heavy atom. The lowest BCUT2D eigenvalue weighted by atomic mass is 10.1. The normalized spacial score (nSPS) is 10.6. The number of aromatic nitrogens is 4. The first-order valence-corrected chi connectivity index (χ1v) is 7.87. The number of benzene rings is 1. The molecular weight excluding hydrogens is 326 g/mol. The summed E-state index contributed by atoms with van der Waals surface area (Å²) in [5.41, 5.74) is 2.58. The van der Waals surface area contributed by atoms with Crippen LogP contribution in [0.1, 0.15) is 17.4 Å². The molecule has 0 aliphatic carbocycles. The van der Waals surface area contributed by atoms with Crippen LogP contribution in [-0.4, -0.2) is 32.2 Å². The molecule has 6 nitrogen and oxygen atoms in total. The molecule has 0 unspecified atom stereocenters. The van der Waals surface area contributed by atoms with Gasteiger partial charge in [0.15, 0.2) is 5.82 Å². The lowest BCUT2D eigenvalue weighted by molar-refractivity contribution is 0.0951. The van der Waals surface area contributed by atoms with Gasteiger partial charge in [0, 0.05) is 30.4 Å². The van der Waals surface area contributed by atoms with E-state index in [9.17, 15) is 4.79 Å². The molecule has 0 aliphatic heterocycles. The van der Waals surface area contributed by atoms with Crippen LogP contribution in [0.15, 0.2) is 42.7 Å². The molecule has 0 bridgehead atoms. The maximum Gasteiger partial charge on any atom is 0.270 e. The third kappa shape index (κ3) is 3.44. The van der Waals surface area contributed by atoms with E-state index in [-0.39, 0.29) is 5.91 Å². The van der Waals surface area contributed by atoms with Gasteiger partial charge in [0.2, 0.25) is 0 Å². The highest BCUT2D eigenvalue weighted by Crippen LogP contribution is 2.23. The summed E-state index contributed by atoms with van der Waals surface area (Å²) < 4.78 is 1.67. The van der Waals surface area contributed by atoms with Crippen LogP contribution in [0.3, 0.4) is 0 Å². The smallest absolute Gasteiger partial charge is 0.270 e. The van der Waals surface area contributed by atoms with Crippen LogP contribution >= 0.6 is 11.6 Å². The van der Waals surface area contributed by atoms with E-state index in [1.807, 2.05) is 32.3 Å². The first kappa shape index (κ1) is 16.1. The number of hydrogen-bond acceptors (Lipinski definition) is 4. The van der Waals surface area contributed by atoms with Crippen molar-refractivity contribution in [3.63, 3.8) is 0 Å². The van der Waals surface area contributed by atoms with Gasteiger partial charge in [-0.2, -0.15) is 5.10 Å². The van der Waals surface area contributed by atoms with Crippen molar-refractivity contribution in [1.29, 1.82) is 0 Å². The van der Waals surface area contributed by atoms with Crippen LogP contribution < -0.4 is 5.32 Å². The first-order chi connectivity index (χ1) is 11.6. The predicted octanol–water partition coefficient (Wildman–Crippen LogP) is 2.95. The van der Waals surface area contributed by atoms with Crippen molar-refractivity contribution in [1.82, 2.24) is 25.1 Å². The fraction of sp³-hybridized carbons (Fsp3) is 0.176. The highest BCUT2D eigenvalue weighted by molar-refractivity contribution is 6.30. The van der Waals surface area contributed by atoms with Crippen molar-refractivity contribution < 1.29 is 4.79 Å². The van der Waals surface area contributed by atoms with E-state index in [1.165, 1.54) is 0 Å². The summed E-state index contributed by atoms with van der Waals surface area (Å²) in [6.45, 7) is 2.39. The van der Waals surface area contributed by atoms with Gasteiger partial charge in [0.1, 0.15) is 5.69 Å². The van der Waals surface area contributed by atoms with Gasteiger partial charge in [-0.05, 0) is 25.1 Å². The summed E-state index contributed by atoms with van der Waals surface area (Å²) in [6.07, 6.45) is 3.48. The van der Waals surface area contributed by atoms with E-state index in [0.29, 0.717) is 28.8 Å². The number of aryl methyl sites for hydroxylation is 1. The van der Waals surface area contributed by atoms with Gasteiger partial charge < -0.3 is 5.32 Å². The summed E-state index contributed by atoms with van der Waals surface area (Å²) in [6, 6.07) is 8.97. The largest absolute Gasteiger partial charge is 0.351 e. The molecule has 3 aromatic rings. The molecule has 0 atom stereocenters. The molecule has 2 heterocycles. The fourth-order valence-corrected chi connectivity index (χ4v) is 2.37. The lowest BCUT2D eigenvalue weighted by Crippen LogP contribution is -2.24. The second-order valence-electron chi connectivity index (χ2n) is 5.23. The zero-order valence-corrected chi connectivity index (χ0v) is 14.1. The molecule has 0 saturated carbocycles. The number of carbonyl (C=O) groups excluding carboxylic acids is 1. The summed E-state index contributed by atoms with van der Waals surface area (Å²) in [5.74, 6) is 0.219. The fourth-order valence-electron chi connectivity index (χ4n) is 2.25. The Balaban J connectivity index is 2.12. The van der Waals surface area contributed by atoms with Crippen LogP contribution in [-0.2, 0) is 7.05 Å². The molecule has 7 heteroatoms. The third-order valence-corrected chi connectivity index (χ3v) is 3.65. The van der Waals surface area contributed by atoms with Gasteiger partial charge in [-0.1, -0.05) is 23.7 Å². The molecule has 2 aromatic heterocycles. The molecule has 1 aromatic carbocycles. The highest BCUT2D eigenvalue weighted by Gasteiger charge is 2.14. The molecule has 122 valence electrons. The maximum atomic E-state index is 12.2. The predicted molar refractivity (Wildman–Crippen MR) is 92.7 cm³/mol. The van der Waals surface area contributed by atoms with E-state index >= 15 is 0 Å². The van der Waals surface area contributed by atoms with E-state index < -0.39 is 0 Å². The first-order valence-electron chi connectivity index (χ1n) is 7.49. The van der Waals surface area contributed by atoms with Gasteiger partial charge in [0.25, 0.3) is 5.91 Å². The number of rotatable bonds is 4. The Bertz CT molecular complexity index is 873. The average molecular weight is 342 g/mol. The molecule has 0 fully saturated rings. The van der Waals surface area contributed by atoms with Crippen molar-refractivity contribution >= 4 is 17.5 Å². The molecular formula is C17H16ClN5O. The Hall–Kier alpha value is -2.73. The van der Waals surface area contributed by atoms with Gasteiger partial charge in [0.05, 0.1) is 17.5 Å². The SMILES string of the molecule is CCNC(=O)c1cc(-c2ccc(Cl)cc2)nc(-c2cnn(C)c2)n1. The maximum absolute atomic E-state index is 12.2. The number of carbonyl (C=O) groups is 1. The molecule has 1 amide bonds. The Labute approximate surface area is 144 Å². The molecule has 24 heavy (non-hydrogen) atoms. The minimum Gasteiger partial charge on any atom is -0.351 e. The van der Waals surface area contributed by atoms with Crippen LogP contribution in [0.25, 0.3) is 22.6 Å². The molecule has 0 spiro atoms. The third-order valence-electron chi connectivity index (χ3n) is 3.40. The van der Waals surface area contributed by atoms with Crippen molar-refractivity contribution in [2.75, 3.05) is 6.54 Å². The number of hydrogen-bond donors (Lipinski definition) is 1. The zero-order valence-electron chi connectivity index (χ0n) is 13.3. The van der Waals surface area contributed by atoms with E-state index in [2.05, 4.69) is 20.4 Å². The van der Waals surface area contributed by atoms with Crippen LogP contribution in [0, 0.1) is 0 Å².